The summed E-state index contributed by atoms with van der Waals surface area (Å²) >= 11 is 0. The molecule has 0 aliphatic rings. The van der Waals surface area contributed by atoms with E-state index in [0.29, 0.717) is 23.7 Å². The van der Waals surface area contributed by atoms with Gasteiger partial charge in [-0.25, -0.2) is 0 Å². The first-order valence-electron chi connectivity index (χ1n) is 16.3. The Balaban J connectivity index is 2.11. The van der Waals surface area contributed by atoms with Gasteiger partial charge in [-0.1, -0.05) is 155 Å². The van der Waals surface area contributed by atoms with Crippen molar-refractivity contribution in [3.8, 4) is 0 Å². The van der Waals surface area contributed by atoms with Crippen LogP contribution < -0.4 is 9.13 Å². The minimum Gasteiger partial charge on any atom is -0.394 e. The number of rotatable bonds is 12. The van der Waals surface area contributed by atoms with Crippen molar-refractivity contribution in [2.24, 2.45) is 0 Å². The predicted octanol–water partition coefficient (Wildman–Crippen LogP) is 11.9. The molecule has 3 rings (SSSR count). The molecule has 42 heavy (non-hydrogen) atoms. The molecule has 0 atom stereocenters. The van der Waals surface area contributed by atoms with Crippen LogP contribution in [0.4, 0.5) is 11.4 Å². The third-order valence-corrected chi connectivity index (χ3v) is 12.5. The Labute approximate surface area is 261 Å². The summed E-state index contributed by atoms with van der Waals surface area (Å²) < 4.78 is 5.61. The number of hydrogen-bond donors (Lipinski definition) is 0. The van der Waals surface area contributed by atoms with Gasteiger partial charge in [-0.15, -0.1) is 0 Å². The molecule has 0 bridgehead atoms. The fourth-order valence-corrected chi connectivity index (χ4v) is 9.31. The van der Waals surface area contributed by atoms with Crippen molar-refractivity contribution in [1.82, 2.24) is 0 Å². The average Bonchev–Trinajstić information content (AvgIpc) is 2.88. The number of nitrogens with zero attached hydrogens (tertiary/aromatic N) is 2. The highest BCUT2D eigenvalue weighted by Crippen LogP contribution is 2.40. The topological polar surface area (TPSA) is 6.48 Å². The van der Waals surface area contributed by atoms with E-state index in [4.69, 9.17) is 0 Å². The Bertz CT molecular complexity index is 1170. The van der Waals surface area contributed by atoms with Crippen molar-refractivity contribution in [3.63, 3.8) is 0 Å². The molecular formula is C38H60N2Si2. The second-order valence-corrected chi connectivity index (χ2v) is 25.3. The fraction of sp³-hybridized carbons (Fsp3) is 0.526. The van der Waals surface area contributed by atoms with Gasteiger partial charge in [0, 0.05) is 24.5 Å². The number of anilines is 2. The molecule has 0 amide bonds. The van der Waals surface area contributed by atoms with E-state index in [9.17, 15) is 0 Å². The van der Waals surface area contributed by atoms with Crippen molar-refractivity contribution in [2.75, 3.05) is 9.13 Å². The highest BCUT2D eigenvalue weighted by atomic mass is 28.3. The normalized spacial score (nSPS) is 12.6. The molecule has 0 radical (unpaired) electrons. The molecule has 0 aliphatic heterocycles. The number of benzene rings is 3. The molecule has 4 heteroatoms. The Kier molecular flexibility index (Phi) is 11.0. The minimum absolute atomic E-state index is 0.491. The Hall–Kier alpha value is -2.31. The highest BCUT2D eigenvalue weighted by molar-refractivity contribution is 6.80. The summed E-state index contributed by atoms with van der Waals surface area (Å²) in [4.78, 5) is 0. The molecule has 0 aromatic heterocycles. The molecule has 3 aromatic carbocycles. The van der Waals surface area contributed by atoms with Crippen molar-refractivity contribution in [1.29, 1.82) is 0 Å². The van der Waals surface area contributed by atoms with Crippen LogP contribution in [0.3, 0.4) is 0 Å². The average molecular weight is 601 g/mol. The zero-order valence-corrected chi connectivity index (χ0v) is 31.4. The van der Waals surface area contributed by atoms with Gasteiger partial charge in [-0.2, -0.15) is 0 Å². The first-order valence-corrected chi connectivity index (χ1v) is 23.2. The molecule has 0 fully saturated rings. The summed E-state index contributed by atoms with van der Waals surface area (Å²) in [6.45, 7) is 35.7. The summed E-state index contributed by atoms with van der Waals surface area (Å²) in [7, 11) is -3.41. The quantitative estimate of drug-likeness (QED) is 0.191. The first-order chi connectivity index (χ1) is 19.4. The van der Waals surface area contributed by atoms with Crippen molar-refractivity contribution < 1.29 is 0 Å². The second kappa shape index (κ2) is 13.6. The highest BCUT2D eigenvalue weighted by Gasteiger charge is 2.31. The Morgan fingerprint density at radius 3 is 0.952 bits per heavy atom. The maximum Gasteiger partial charge on any atom is 0.147 e. The zero-order valence-electron chi connectivity index (χ0n) is 29.4. The molecule has 0 saturated carbocycles. The molecule has 0 spiro atoms. The molecule has 0 aliphatic carbocycles. The van der Waals surface area contributed by atoms with Gasteiger partial charge in [0.2, 0.25) is 0 Å². The lowest BCUT2D eigenvalue weighted by atomic mass is 9.92. The van der Waals surface area contributed by atoms with Crippen molar-refractivity contribution in [3.05, 3.63) is 94.0 Å². The van der Waals surface area contributed by atoms with E-state index in [0.717, 1.165) is 13.1 Å². The van der Waals surface area contributed by atoms with Gasteiger partial charge < -0.3 is 9.13 Å². The first kappa shape index (κ1) is 34.2. The van der Waals surface area contributed by atoms with Crippen LogP contribution in [0.15, 0.2) is 60.7 Å². The fourth-order valence-electron chi connectivity index (χ4n) is 6.14. The summed E-state index contributed by atoms with van der Waals surface area (Å²) in [5, 5.41) is 0. The SMILES string of the molecule is CC(C)c1cccc(C(C)C)c1N(Cc1cccc(CN(c2c(C(C)C)cccc2C(C)C)[Si](C)(C)C)c1)[Si](C)(C)C. The van der Waals surface area contributed by atoms with Gasteiger partial charge in [0.15, 0.2) is 0 Å². The van der Waals surface area contributed by atoms with Crippen LogP contribution in [0.5, 0.6) is 0 Å². The molecule has 0 N–H and O–H groups in total. The summed E-state index contributed by atoms with van der Waals surface area (Å²) in [6.07, 6.45) is 0. The largest absolute Gasteiger partial charge is 0.394 e. The van der Waals surface area contributed by atoms with E-state index in [1.165, 1.54) is 44.8 Å². The summed E-state index contributed by atoms with van der Waals surface area (Å²) in [6, 6.07) is 23.5. The maximum absolute atomic E-state index is 2.80. The van der Waals surface area contributed by atoms with Gasteiger partial charge in [-0.05, 0) is 57.1 Å². The zero-order chi connectivity index (χ0) is 31.6. The Morgan fingerprint density at radius 2 is 0.714 bits per heavy atom. The van der Waals surface area contributed by atoms with E-state index in [-0.39, 0.29) is 0 Å². The monoisotopic (exact) mass is 600 g/mol. The minimum atomic E-state index is -1.71. The van der Waals surface area contributed by atoms with E-state index in [1.54, 1.807) is 0 Å². The summed E-state index contributed by atoms with van der Waals surface area (Å²) in [5.74, 6) is 1.96. The molecule has 230 valence electrons. The van der Waals surface area contributed by atoms with Gasteiger partial charge in [0.1, 0.15) is 16.5 Å². The second-order valence-electron chi connectivity index (χ2n) is 15.5. The maximum atomic E-state index is 2.80. The lowest BCUT2D eigenvalue weighted by Crippen LogP contribution is -2.47. The van der Waals surface area contributed by atoms with Gasteiger partial charge in [0.05, 0.1) is 0 Å². The van der Waals surface area contributed by atoms with Gasteiger partial charge >= 0.3 is 0 Å². The lowest BCUT2D eigenvalue weighted by Gasteiger charge is -2.41. The molecule has 2 nitrogen and oxygen atoms in total. The van der Waals surface area contributed by atoms with E-state index in [2.05, 4.69) is 164 Å². The van der Waals surface area contributed by atoms with E-state index < -0.39 is 16.5 Å². The van der Waals surface area contributed by atoms with Crippen molar-refractivity contribution in [2.45, 2.75) is 131 Å². The molecular weight excluding hydrogens is 541 g/mol. The molecule has 3 aromatic rings. The van der Waals surface area contributed by atoms with Crippen LogP contribution in [0.2, 0.25) is 39.3 Å². The third kappa shape index (κ3) is 7.99. The van der Waals surface area contributed by atoms with Gasteiger partial charge in [-0.3, -0.25) is 0 Å². The number of para-hydroxylation sites is 2. The standard InChI is InChI=1S/C38H60N2Si2/c1-27(2)33-20-16-21-34(28(3)4)37(33)39(41(9,10)11)25-31-18-15-19-32(24-31)26-40(42(12,13)14)38-35(29(5)6)22-17-23-36(38)30(7)8/h15-24,27-30H,25-26H2,1-14H3. The van der Waals surface area contributed by atoms with Crippen LogP contribution in [0.25, 0.3) is 0 Å². The predicted molar refractivity (Wildman–Crippen MR) is 195 cm³/mol. The summed E-state index contributed by atoms with van der Waals surface area (Å²) in [5.41, 5.74) is 11.7. The van der Waals surface area contributed by atoms with Crippen LogP contribution in [0, 0.1) is 0 Å². The smallest absolute Gasteiger partial charge is 0.147 e. The molecule has 0 unspecified atom stereocenters. The van der Waals surface area contributed by atoms with E-state index in [1.807, 2.05) is 0 Å². The Morgan fingerprint density at radius 1 is 0.452 bits per heavy atom. The third-order valence-electron chi connectivity index (χ3n) is 8.52. The number of hydrogen-bond acceptors (Lipinski definition) is 2. The van der Waals surface area contributed by atoms with Crippen LogP contribution in [-0.4, -0.2) is 16.5 Å². The van der Waals surface area contributed by atoms with Crippen molar-refractivity contribution >= 4 is 27.8 Å². The molecule has 0 saturated heterocycles. The van der Waals surface area contributed by atoms with Crippen LogP contribution in [-0.2, 0) is 13.1 Å². The van der Waals surface area contributed by atoms with E-state index >= 15 is 0 Å². The molecule has 0 heterocycles. The van der Waals surface area contributed by atoms with Gasteiger partial charge in [0.25, 0.3) is 0 Å². The van der Waals surface area contributed by atoms with Crippen LogP contribution >= 0.6 is 0 Å². The van der Waals surface area contributed by atoms with Crippen LogP contribution in [0.1, 0.15) is 112 Å². The lowest BCUT2D eigenvalue weighted by molar-refractivity contribution is 0.815.